The van der Waals surface area contributed by atoms with Crippen LogP contribution in [0.1, 0.15) is 11.6 Å². The molecule has 84 valence electrons. The lowest BCUT2D eigenvalue weighted by atomic mass is 10.4. The van der Waals surface area contributed by atoms with E-state index in [1.54, 1.807) is 6.26 Å². The normalized spacial score (nSPS) is 10.4. The van der Waals surface area contributed by atoms with Gasteiger partial charge < -0.3 is 9.32 Å². The summed E-state index contributed by atoms with van der Waals surface area (Å²) in [5, 5.41) is 0. The molecule has 0 fully saturated rings. The number of hydrogen-bond acceptors (Lipinski definition) is 4. The molecule has 2 heterocycles. The molecule has 0 aromatic carbocycles. The molecule has 2 aromatic rings. The topological polar surface area (TPSA) is 42.2 Å². The highest BCUT2D eigenvalue weighted by atomic mass is 79.9. The number of anilines is 1. The molecular weight excluding hydrogens is 270 g/mol. The van der Waals surface area contributed by atoms with E-state index in [9.17, 15) is 0 Å². The molecule has 0 spiro atoms. The summed E-state index contributed by atoms with van der Waals surface area (Å²) in [6, 6.07) is 5.71. The molecular formula is C11H12BrN3O. The molecule has 0 aliphatic heterocycles. The summed E-state index contributed by atoms with van der Waals surface area (Å²) in [7, 11) is 1.97. The molecule has 0 aliphatic carbocycles. The van der Waals surface area contributed by atoms with E-state index in [1.807, 2.05) is 37.1 Å². The monoisotopic (exact) mass is 281 g/mol. The molecule has 0 amide bonds. The zero-order valence-electron chi connectivity index (χ0n) is 9.14. The minimum atomic E-state index is 0.690. The van der Waals surface area contributed by atoms with Gasteiger partial charge in [0, 0.05) is 13.1 Å². The second-order valence-corrected chi connectivity index (χ2v) is 4.34. The van der Waals surface area contributed by atoms with Crippen molar-refractivity contribution in [1.29, 1.82) is 0 Å². The van der Waals surface area contributed by atoms with Crippen LogP contribution >= 0.6 is 15.9 Å². The second-order valence-electron chi connectivity index (χ2n) is 3.53. The van der Waals surface area contributed by atoms with Gasteiger partial charge in [0.2, 0.25) is 0 Å². The standard InChI is InChI=1S/C11H12BrN3O/c1-8-13-10(12)6-11(14-8)15(2)7-9-4-3-5-16-9/h3-6H,7H2,1-2H3. The Morgan fingerprint density at radius 3 is 2.88 bits per heavy atom. The largest absolute Gasteiger partial charge is 0.467 e. The van der Waals surface area contributed by atoms with Gasteiger partial charge in [0.15, 0.2) is 0 Å². The van der Waals surface area contributed by atoms with Gasteiger partial charge in [-0.05, 0) is 35.0 Å². The van der Waals surface area contributed by atoms with Crippen molar-refractivity contribution >= 4 is 21.7 Å². The van der Waals surface area contributed by atoms with E-state index in [-0.39, 0.29) is 0 Å². The van der Waals surface area contributed by atoms with Crippen LogP contribution in [0.3, 0.4) is 0 Å². The van der Waals surface area contributed by atoms with Crippen molar-refractivity contribution in [3.8, 4) is 0 Å². The summed E-state index contributed by atoms with van der Waals surface area (Å²) in [6.45, 7) is 2.56. The maximum Gasteiger partial charge on any atom is 0.133 e. The van der Waals surface area contributed by atoms with Crippen LogP contribution in [0, 0.1) is 6.92 Å². The van der Waals surface area contributed by atoms with E-state index in [0.29, 0.717) is 6.54 Å². The third-order valence-corrected chi connectivity index (χ3v) is 2.56. The van der Waals surface area contributed by atoms with Gasteiger partial charge in [-0.25, -0.2) is 9.97 Å². The Morgan fingerprint density at radius 2 is 2.25 bits per heavy atom. The minimum Gasteiger partial charge on any atom is -0.467 e. The molecule has 2 aromatic heterocycles. The summed E-state index contributed by atoms with van der Waals surface area (Å²) >= 11 is 3.36. The number of nitrogens with zero attached hydrogens (tertiary/aromatic N) is 3. The van der Waals surface area contributed by atoms with Crippen LogP contribution in [0.4, 0.5) is 5.82 Å². The highest BCUT2D eigenvalue weighted by Gasteiger charge is 2.07. The maximum atomic E-state index is 5.29. The van der Waals surface area contributed by atoms with E-state index in [1.165, 1.54) is 0 Å². The van der Waals surface area contributed by atoms with Gasteiger partial charge in [0.25, 0.3) is 0 Å². The lowest BCUT2D eigenvalue weighted by Crippen LogP contribution is -2.17. The first-order valence-electron chi connectivity index (χ1n) is 4.90. The zero-order chi connectivity index (χ0) is 11.5. The Hall–Kier alpha value is -1.36. The summed E-state index contributed by atoms with van der Waals surface area (Å²) in [5.74, 6) is 2.53. The van der Waals surface area contributed by atoms with Gasteiger partial charge in [-0.2, -0.15) is 0 Å². The third-order valence-electron chi connectivity index (χ3n) is 2.16. The fourth-order valence-electron chi connectivity index (χ4n) is 1.43. The SMILES string of the molecule is Cc1nc(Br)cc(N(C)Cc2ccco2)n1. The van der Waals surface area contributed by atoms with Crippen molar-refractivity contribution in [2.45, 2.75) is 13.5 Å². The van der Waals surface area contributed by atoms with Crippen molar-refractivity contribution in [2.24, 2.45) is 0 Å². The van der Waals surface area contributed by atoms with Crippen LogP contribution < -0.4 is 4.90 Å². The van der Waals surface area contributed by atoms with Crippen LogP contribution in [0.15, 0.2) is 33.5 Å². The summed E-state index contributed by atoms with van der Waals surface area (Å²) in [6.07, 6.45) is 1.67. The Balaban J connectivity index is 2.17. The maximum absolute atomic E-state index is 5.29. The number of aryl methyl sites for hydroxylation is 1. The van der Waals surface area contributed by atoms with E-state index in [0.717, 1.165) is 22.0 Å². The molecule has 0 bridgehead atoms. The number of furan rings is 1. The molecule has 2 rings (SSSR count). The van der Waals surface area contributed by atoms with Crippen molar-refractivity contribution in [2.75, 3.05) is 11.9 Å². The summed E-state index contributed by atoms with van der Waals surface area (Å²) < 4.78 is 6.08. The van der Waals surface area contributed by atoms with Crippen LogP contribution in [-0.4, -0.2) is 17.0 Å². The highest BCUT2D eigenvalue weighted by Crippen LogP contribution is 2.17. The fraction of sp³-hybridized carbons (Fsp3) is 0.273. The van der Waals surface area contributed by atoms with E-state index >= 15 is 0 Å². The molecule has 0 aliphatic rings. The van der Waals surface area contributed by atoms with Gasteiger partial charge in [0.1, 0.15) is 22.0 Å². The first-order valence-corrected chi connectivity index (χ1v) is 5.69. The lowest BCUT2D eigenvalue weighted by molar-refractivity contribution is 0.507. The average molecular weight is 282 g/mol. The molecule has 16 heavy (non-hydrogen) atoms. The minimum absolute atomic E-state index is 0.690. The fourth-order valence-corrected chi connectivity index (χ4v) is 1.89. The Bertz CT molecular complexity index is 450. The first-order chi connectivity index (χ1) is 7.65. The molecule has 4 nitrogen and oxygen atoms in total. The molecule has 0 N–H and O–H groups in total. The number of aromatic nitrogens is 2. The summed E-state index contributed by atoms with van der Waals surface area (Å²) in [4.78, 5) is 10.5. The van der Waals surface area contributed by atoms with Gasteiger partial charge in [-0.1, -0.05) is 0 Å². The molecule has 0 radical (unpaired) electrons. The van der Waals surface area contributed by atoms with Crippen LogP contribution in [0.25, 0.3) is 0 Å². The van der Waals surface area contributed by atoms with Crippen molar-refractivity contribution < 1.29 is 4.42 Å². The molecule has 5 heteroatoms. The van der Waals surface area contributed by atoms with Gasteiger partial charge >= 0.3 is 0 Å². The van der Waals surface area contributed by atoms with Crippen molar-refractivity contribution in [1.82, 2.24) is 9.97 Å². The predicted molar refractivity (Wildman–Crippen MR) is 65.3 cm³/mol. The lowest BCUT2D eigenvalue weighted by Gasteiger charge is -2.17. The first kappa shape index (κ1) is 11.1. The Labute approximate surface area is 102 Å². The third kappa shape index (κ3) is 2.61. The smallest absolute Gasteiger partial charge is 0.133 e. The number of hydrogen-bond donors (Lipinski definition) is 0. The molecule has 0 saturated carbocycles. The van der Waals surface area contributed by atoms with Crippen LogP contribution in [0.5, 0.6) is 0 Å². The predicted octanol–water partition coefficient (Wildman–Crippen LogP) is 2.78. The van der Waals surface area contributed by atoms with Gasteiger partial charge in [-0.3, -0.25) is 0 Å². The highest BCUT2D eigenvalue weighted by molar-refractivity contribution is 9.10. The van der Waals surface area contributed by atoms with Crippen LogP contribution in [0.2, 0.25) is 0 Å². The molecule has 0 atom stereocenters. The van der Waals surface area contributed by atoms with E-state index < -0.39 is 0 Å². The number of halogens is 1. The average Bonchev–Trinajstić information content (AvgIpc) is 2.68. The molecule has 0 unspecified atom stereocenters. The van der Waals surface area contributed by atoms with Crippen molar-refractivity contribution in [3.05, 3.63) is 40.7 Å². The number of rotatable bonds is 3. The van der Waals surface area contributed by atoms with Gasteiger partial charge in [-0.15, -0.1) is 0 Å². The zero-order valence-corrected chi connectivity index (χ0v) is 10.7. The van der Waals surface area contributed by atoms with E-state index in [4.69, 9.17) is 4.42 Å². The summed E-state index contributed by atoms with van der Waals surface area (Å²) in [5.41, 5.74) is 0. The van der Waals surface area contributed by atoms with Gasteiger partial charge in [0.05, 0.1) is 12.8 Å². The molecule has 0 saturated heterocycles. The van der Waals surface area contributed by atoms with Crippen molar-refractivity contribution in [3.63, 3.8) is 0 Å². The Kier molecular flexibility index (Phi) is 3.24. The quantitative estimate of drug-likeness (QED) is 0.812. The second kappa shape index (κ2) is 4.65. The van der Waals surface area contributed by atoms with Crippen LogP contribution in [-0.2, 0) is 6.54 Å². The van der Waals surface area contributed by atoms with E-state index in [2.05, 4.69) is 25.9 Å². The Morgan fingerprint density at radius 1 is 1.44 bits per heavy atom.